The maximum absolute atomic E-state index is 10.8. The molecule has 0 saturated carbocycles. The van der Waals surface area contributed by atoms with Crippen molar-refractivity contribution in [3.05, 3.63) is 0 Å². The van der Waals surface area contributed by atoms with E-state index in [2.05, 4.69) is 18.2 Å². The van der Waals surface area contributed by atoms with Gasteiger partial charge in [0.2, 0.25) is 0 Å². The summed E-state index contributed by atoms with van der Waals surface area (Å²) in [4.78, 5) is 10.8. The number of carbonyl (C=O) groups is 1. The van der Waals surface area contributed by atoms with Crippen molar-refractivity contribution in [3.63, 3.8) is 0 Å². The second-order valence-corrected chi connectivity index (χ2v) is 4.79. The Labute approximate surface area is 86.8 Å². The number of carbonyl (C=O) groups excluding carboxylic acids is 1. The van der Waals surface area contributed by atoms with Crippen LogP contribution in [0.15, 0.2) is 0 Å². The lowest BCUT2D eigenvalue weighted by Crippen LogP contribution is -2.25. The molecule has 1 amide bonds. The van der Waals surface area contributed by atoms with Crippen LogP contribution in [0.2, 0.25) is 0 Å². The van der Waals surface area contributed by atoms with E-state index in [1.165, 1.54) is 0 Å². The van der Waals surface area contributed by atoms with Gasteiger partial charge in [-0.1, -0.05) is 34.4 Å². The van der Waals surface area contributed by atoms with Gasteiger partial charge in [0.15, 0.2) is 0 Å². The van der Waals surface area contributed by atoms with E-state index in [9.17, 15) is 4.79 Å². The minimum atomic E-state index is -0.444. The first-order chi connectivity index (χ1) is 6.31. The zero-order valence-electron chi connectivity index (χ0n) is 7.54. The monoisotopic (exact) mass is 219 g/mol. The third-order valence-electron chi connectivity index (χ3n) is 0.936. The van der Waals surface area contributed by atoms with Gasteiger partial charge in [0, 0.05) is 11.5 Å². The molecule has 0 spiro atoms. The van der Waals surface area contributed by atoms with Crippen molar-refractivity contribution >= 4 is 27.7 Å². The van der Waals surface area contributed by atoms with E-state index in [4.69, 9.17) is 11.2 Å². The SMILES string of the molecule is C#CCNC(=O)OCCSSCC. The molecule has 0 heterocycles. The van der Waals surface area contributed by atoms with E-state index in [0.717, 1.165) is 11.5 Å². The van der Waals surface area contributed by atoms with Crippen LogP contribution in [-0.4, -0.2) is 30.8 Å². The van der Waals surface area contributed by atoms with Gasteiger partial charge in [0.1, 0.15) is 6.61 Å². The van der Waals surface area contributed by atoms with Gasteiger partial charge in [-0.15, -0.1) is 6.42 Å². The van der Waals surface area contributed by atoms with Crippen molar-refractivity contribution < 1.29 is 9.53 Å². The minimum Gasteiger partial charge on any atom is -0.449 e. The molecule has 0 rings (SSSR count). The van der Waals surface area contributed by atoms with Crippen LogP contribution < -0.4 is 5.32 Å². The molecule has 0 aromatic rings. The van der Waals surface area contributed by atoms with E-state index < -0.39 is 6.09 Å². The van der Waals surface area contributed by atoms with Crippen LogP contribution >= 0.6 is 21.6 Å². The van der Waals surface area contributed by atoms with Crippen LogP contribution in [0.1, 0.15) is 6.92 Å². The summed E-state index contributed by atoms with van der Waals surface area (Å²) in [7, 11) is 3.44. The molecule has 0 aliphatic carbocycles. The Bertz CT molecular complexity index is 179. The maximum atomic E-state index is 10.8. The molecule has 0 radical (unpaired) electrons. The van der Waals surface area contributed by atoms with Crippen LogP contribution in [0, 0.1) is 12.3 Å². The fraction of sp³-hybridized carbons (Fsp3) is 0.625. The molecule has 0 atom stereocenters. The highest BCUT2D eigenvalue weighted by Crippen LogP contribution is 2.19. The van der Waals surface area contributed by atoms with Crippen LogP contribution in [0.4, 0.5) is 4.79 Å². The third kappa shape index (κ3) is 9.44. The molecule has 13 heavy (non-hydrogen) atoms. The van der Waals surface area contributed by atoms with E-state index in [0.29, 0.717) is 6.61 Å². The van der Waals surface area contributed by atoms with Gasteiger partial charge in [-0.3, -0.25) is 0 Å². The number of ether oxygens (including phenoxy) is 1. The van der Waals surface area contributed by atoms with Crippen LogP contribution in [0.3, 0.4) is 0 Å². The van der Waals surface area contributed by atoms with Gasteiger partial charge in [0.25, 0.3) is 0 Å². The largest absolute Gasteiger partial charge is 0.449 e. The molecular weight excluding hydrogens is 206 g/mol. The molecule has 0 aromatic carbocycles. The van der Waals surface area contributed by atoms with Crippen LogP contribution in [0.5, 0.6) is 0 Å². The number of amides is 1. The van der Waals surface area contributed by atoms with Crippen molar-refractivity contribution in [3.8, 4) is 12.3 Å². The number of nitrogens with one attached hydrogen (secondary N) is 1. The molecule has 0 aliphatic heterocycles. The van der Waals surface area contributed by atoms with E-state index in [1.54, 1.807) is 21.6 Å². The maximum Gasteiger partial charge on any atom is 0.407 e. The second-order valence-electron chi connectivity index (χ2n) is 1.92. The topological polar surface area (TPSA) is 38.3 Å². The fourth-order valence-electron chi connectivity index (χ4n) is 0.485. The molecule has 0 saturated heterocycles. The molecule has 5 heteroatoms. The Morgan fingerprint density at radius 3 is 3.00 bits per heavy atom. The smallest absolute Gasteiger partial charge is 0.407 e. The second kappa shape index (κ2) is 9.62. The standard InChI is InChI=1S/C8H13NO2S2/c1-3-5-9-8(10)11-6-7-13-12-4-2/h1H,4-7H2,2H3,(H,9,10). The lowest BCUT2D eigenvalue weighted by Gasteiger charge is -2.03. The first kappa shape index (κ1) is 12.5. The van der Waals surface area contributed by atoms with Gasteiger partial charge in [-0.25, -0.2) is 4.79 Å². The highest BCUT2D eigenvalue weighted by atomic mass is 33.1. The summed E-state index contributed by atoms with van der Waals surface area (Å²) in [5, 5.41) is 2.41. The first-order valence-corrected chi connectivity index (χ1v) is 6.38. The molecule has 0 fully saturated rings. The summed E-state index contributed by atoms with van der Waals surface area (Å²) >= 11 is 0. The minimum absolute atomic E-state index is 0.218. The fourth-order valence-corrected chi connectivity index (χ4v) is 1.98. The van der Waals surface area contributed by atoms with E-state index >= 15 is 0 Å². The van der Waals surface area contributed by atoms with Gasteiger partial charge >= 0.3 is 6.09 Å². The Kier molecular flexibility index (Phi) is 9.27. The first-order valence-electron chi connectivity index (χ1n) is 3.89. The summed E-state index contributed by atoms with van der Waals surface area (Å²) in [5.41, 5.74) is 0. The lowest BCUT2D eigenvalue weighted by atomic mass is 10.7. The van der Waals surface area contributed by atoms with Crippen molar-refractivity contribution in [2.75, 3.05) is 24.7 Å². The molecule has 0 unspecified atom stereocenters. The average Bonchev–Trinajstić information content (AvgIpc) is 2.14. The van der Waals surface area contributed by atoms with E-state index in [1.807, 2.05) is 0 Å². The van der Waals surface area contributed by atoms with Gasteiger partial charge < -0.3 is 10.1 Å². The predicted octanol–water partition coefficient (Wildman–Crippen LogP) is 1.75. The number of rotatable bonds is 6. The Morgan fingerprint density at radius 1 is 1.62 bits per heavy atom. The van der Waals surface area contributed by atoms with Crippen LogP contribution in [-0.2, 0) is 4.74 Å². The van der Waals surface area contributed by atoms with Crippen molar-refractivity contribution in [2.24, 2.45) is 0 Å². The molecule has 1 N–H and O–H groups in total. The van der Waals surface area contributed by atoms with Crippen molar-refractivity contribution in [2.45, 2.75) is 6.92 Å². The number of terminal acetylenes is 1. The van der Waals surface area contributed by atoms with Crippen molar-refractivity contribution in [1.82, 2.24) is 5.32 Å². The average molecular weight is 219 g/mol. The van der Waals surface area contributed by atoms with Gasteiger partial charge in [-0.2, -0.15) is 0 Å². The normalized spacial score (nSPS) is 8.92. The highest BCUT2D eigenvalue weighted by Gasteiger charge is 1.98. The number of hydrogen-bond acceptors (Lipinski definition) is 4. The lowest BCUT2D eigenvalue weighted by molar-refractivity contribution is 0.154. The molecule has 0 aromatic heterocycles. The number of hydrogen-bond donors (Lipinski definition) is 1. The predicted molar refractivity (Wildman–Crippen MR) is 58.8 cm³/mol. The summed E-state index contributed by atoms with van der Waals surface area (Å²) < 4.78 is 4.81. The quantitative estimate of drug-likeness (QED) is 0.419. The van der Waals surface area contributed by atoms with Crippen LogP contribution in [0.25, 0.3) is 0 Å². The summed E-state index contributed by atoms with van der Waals surface area (Å²) in [6.45, 7) is 2.72. The Balaban J connectivity index is 3.13. The summed E-state index contributed by atoms with van der Waals surface area (Å²) in [5.74, 6) is 4.16. The van der Waals surface area contributed by atoms with E-state index in [-0.39, 0.29) is 6.54 Å². The molecule has 0 aliphatic rings. The highest BCUT2D eigenvalue weighted by molar-refractivity contribution is 8.76. The van der Waals surface area contributed by atoms with Gasteiger partial charge in [0.05, 0.1) is 6.54 Å². The zero-order valence-corrected chi connectivity index (χ0v) is 9.17. The van der Waals surface area contributed by atoms with Gasteiger partial charge in [-0.05, 0) is 0 Å². The molecule has 74 valence electrons. The molecule has 0 bridgehead atoms. The molecule has 3 nitrogen and oxygen atoms in total. The Hall–Kier alpha value is -0.470. The Morgan fingerprint density at radius 2 is 2.38 bits per heavy atom. The number of alkyl carbamates (subject to hydrolysis) is 1. The molecular formula is C8H13NO2S2. The third-order valence-corrected chi connectivity index (χ3v) is 3.38. The summed E-state index contributed by atoms with van der Waals surface area (Å²) in [6.07, 6.45) is 4.50. The summed E-state index contributed by atoms with van der Waals surface area (Å²) in [6, 6.07) is 0. The van der Waals surface area contributed by atoms with Crippen molar-refractivity contribution in [1.29, 1.82) is 0 Å². The zero-order chi connectivity index (χ0) is 9.94.